The van der Waals surface area contributed by atoms with Crippen molar-refractivity contribution in [1.82, 2.24) is 15.2 Å². The van der Waals surface area contributed by atoms with E-state index in [0.29, 0.717) is 24.3 Å². The van der Waals surface area contributed by atoms with Crippen LogP contribution in [0.25, 0.3) is 0 Å². The van der Waals surface area contributed by atoms with E-state index in [4.69, 9.17) is 9.60 Å². The molecule has 2 fully saturated rings. The van der Waals surface area contributed by atoms with E-state index in [1.54, 1.807) is 4.72 Å². The van der Waals surface area contributed by atoms with Crippen molar-refractivity contribution in [3.8, 4) is 0 Å². The summed E-state index contributed by atoms with van der Waals surface area (Å²) in [6.07, 6.45) is 1.64. The van der Waals surface area contributed by atoms with Gasteiger partial charge in [0.15, 0.2) is 0 Å². The van der Waals surface area contributed by atoms with Crippen LogP contribution in [0.2, 0.25) is 0 Å². The van der Waals surface area contributed by atoms with Crippen LogP contribution >= 0.6 is 0 Å². The van der Waals surface area contributed by atoms with Gasteiger partial charge in [-0.1, -0.05) is 24.1 Å². The fourth-order valence-electron chi connectivity index (χ4n) is 2.64. The minimum Gasteiger partial charge on any atom is -0.270 e. The highest BCUT2D eigenvalue weighted by molar-refractivity contribution is 7.90. The van der Waals surface area contributed by atoms with E-state index >= 15 is 0 Å². The highest BCUT2D eigenvalue weighted by Crippen LogP contribution is 2.36. The lowest BCUT2D eigenvalue weighted by atomic mass is 10.0. The molecule has 7 heteroatoms. The van der Waals surface area contributed by atoms with Crippen LogP contribution in [0.15, 0.2) is 29.2 Å². The van der Waals surface area contributed by atoms with Crippen molar-refractivity contribution >= 4 is 16.1 Å². The maximum atomic E-state index is 12.4. The van der Waals surface area contributed by atoms with Gasteiger partial charge in [-0.05, 0) is 43.7 Å². The summed E-state index contributed by atoms with van der Waals surface area (Å²) in [6, 6.07) is 2.99. The standard InChI is InChI=1S/C15H21N3O3S/c1-11-5-7-14(8-6-11)22(20,21)17-15(19)16-18-9-12-3-2-4-13(12)10-18/h5-8,12-13H,2-4,9-10H2,1H3,(H2,16,17,19)/i1D3,9D2,10D2. The third-order valence-electron chi connectivity index (χ3n) is 3.71. The van der Waals surface area contributed by atoms with Crippen molar-refractivity contribution in [3.63, 3.8) is 0 Å². The minimum absolute atomic E-state index is 0.0640. The van der Waals surface area contributed by atoms with E-state index in [1.807, 2.05) is 5.43 Å². The summed E-state index contributed by atoms with van der Waals surface area (Å²) < 4.78 is 81.2. The van der Waals surface area contributed by atoms with E-state index in [9.17, 15) is 13.2 Å². The molecule has 0 bridgehead atoms. The number of nitrogens with zero attached hydrogens (tertiary/aromatic N) is 1. The number of amides is 2. The summed E-state index contributed by atoms with van der Waals surface area (Å²) in [5.41, 5.74) is 1.95. The average Bonchev–Trinajstić information content (AvgIpc) is 3.14. The third-order valence-corrected chi connectivity index (χ3v) is 5.06. The maximum absolute atomic E-state index is 12.4. The number of hydrogen-bond donors (Lipinski definition) is 2. The van der Waals surface area contributed by atoms with Crippen molar-refractivity contribution < 1.29 is 22.8 Å². The summed E-state index contributed by atoms with van der Waals surface area (Å²) in [5, 5.41) is 0.553. The van der Waals surface area contributed by atoms with E-state index in [0.717, 1.165) is 24.3 Å². The monoisotopic (exact) mass is 330 g/mol. The number of fused-ring (bicyclic) bond motifs is 1. The largest absolute Gasteiger partial charge is 0.343 e. The molecule has 1 saturated heterocycles. The van der Waals surface area contributed by atoms with Crippen LogP contribution in [0.4, 0.5) is 4.79 Å². The number of benzene rings is 1. The number of rotatable bonds is 3. The number of hydrogen-bond acceptors (Lipinski definition) is 4. The first kappa shape index (κ1) is 8.88. The van der Waals surface area contributed by atoms with Crippen molar-refractivity contribution in [2.75, 3.05) is 13.0 Å². The lowest BCUT2D eigenvalue weighted by Crippen LogP contribution is -2.48. The van der Waals surface area contributed by atoms with Crippen molar-refractivity contribution in [1.29, 1.82) is 0 Å². The van der Waals surface area contributed by atoms with Crippen LogP contribution in [0.5, 0.6) is 0 Å². The molecule has 1 aromatic rings. The second-order valence-electron chi connectivity index (χ2n) is 5.31. The summed E-state index contributed by atoms with van der Waals surface area (Å²) >= 11 is 0. The molecular weight excluding hydrogens is 302 g/mol. The molecule has 2 atom stereocenters. The predicted molar refractivity (Wildman–Crippen MR) is 82.4 cm³/mol. The van der Waals surface area contributed by atoms with Gasteiger partial charge in [0.25, 0.3) is 10.0 Å². The lowest BCUT2D eigenvalue weighted by Gasteiger charge is -2.18. The molecule has 2 amide bonds. The van der Waals surface area contributed by atoms with E-state index in [2.05, 4.69) is 0 Å². The first-order valence-corrected chi connectivity index (χ1v) is 8.40. The quantitative estimate of drug-likeness (QED) is 0.883. The van der Waals surface area contributed by atoms with Gasteiger partial charge in [0.2, 0.25) is 0 Å². The second kappa shape index (κ2) is 5.89. The van der Waals surface area contributed by atoms with Gasteiger partial charge in [-0.25, -0.2) is 22.9 Å². The number of hydrazine groups is 1. The fourth-order valence-corrected chi connectivity index (χ4v) is 3.54. The predicted octanol–water partition coefficient (Wildman–Crippen LogP) is 1.63. The molecular formula is C15H21N3O3S. The van der Waals surface area contributed by atoms with Crippen molar-refractivity contribution in [3.05, 3.63) is 29.8 Å². The van der Waals surface area contributed by atoms with Crippen LogP contribution in [0, 0.1) is 18.7 Å². The second-order valence-corrected chi connectivity index (χ2v) is 6.99. The molecule has 1 aliphatic carbocycles. The summed E-state index contributed by atoms with van der Waals surface area (Å²) in [6.45, 7) is -6.75. The summed E-state index contributed by atoms with van der Waals surface area (Å²) in [5.74, 6) is -1.22. The van der Waals surface area contributed by atoms with Gasteiger partial charge >= 0.3 is 6.03 Å². The Hall–Kier alpha value is -1.60. The van der Waals surface area contributed by atoms with Crippen LogP contribution in [-0.2, 0) is 10.0 Å². The zero-order chi connectivity index (χ0) is 21.8. The molecule has 2 N–H and O–H groups in total. The lowest BCUT2D eigenvalue weighted by molar-refractivity contribution is 0.195. The zero-order valence-electron chi connectivity index (χ0n) is 18.7. The van der Waals surface area contributed by atoms with Crippen molar-refractivity contribution in [2.45, 2.75) is 31.0 Å². The molecule has 1 saturated carbocycles. The highest BCUT2D eigenvalue weighted by atomic mass is 32.2. The minimum atomic E-state index is -4.37. The molecule has 0 aromatic heterocycles. The molecule has 1 aromatic carbocycles. The fraction of sp³-hybridized carbons (Fsp3) is 0.533. The molecule has 2 aliphatic rings. The topological polar surface area (TPSA) is 78.5 Å². The normalized spacial score (nSPS) is 34.8. The summed E-state index contributed by atoms with van der Waals surface area (Å²) in [7, 11) is -4.37. The Bertz CT molecular complexity index is 881. The van der Waals surface area contributed by atoms with Gasteiger partial charge in [-0.15, -0.1) is 0 Å². The van der Waals surface area contributed by atoms with Crippen LogP contribution in [-0.4, -0.2) is 32.5 Å². The molecule has 2 unspecified atom stereocenters. The van der Waals surface area contributed by atoms with Gasteiger partial charge in [-0.2, -0.15) is 0 Å². The van der Waals surface area contributed by atoms with Gasteiger partial charge in [0.05, 0.1) is 4.90 Å². The highest BCUT2D eigenvalue weighted by Gasteiger charge is 2.36. The molecule has 0 spiro atoms. The van der Waals surface area contributed by atoms with Crippen LogP contribution in [0.1, 0.15) is 34.4 Å². The van der Waals surface area contributed by atoms with Gasteiger partial charge in [0, 0.05) is 22.6 Å². The Morgan fingerprint density at radius 3 is 2.50 bits per heavy atom. The maximum Gasteiger partial charge on any atom is 0.343 e. The van der Waals surface area contributed by atoms with Gasteiger partial charge < -0.3 is 0 Å². The number of carbonyl (C=O) groups is 1. The average molecular weight is 330 g/mol. The Morgan fingerprint density at radius 1 is 1.27 bits per heavy atom. The molecule has 0 radical (unpaired) electrons. The van der Waals surface area contributed by atoms with E-state index < -0.39 is 47.7 Å². The molecule has 22 heavy (non-hydrogen) atoms. The third kappa shape index (κ3) is 3.25. The number of aryl methyl sites for hydroxylation is 1. The molecule has 1 heterocycles. The Balaban J connectivity index is 1.75. The summed E-state index contributed by atoms with van der Waals surface area (Å²) in [4.78, 5) is 11.9. The number of sulfonamides is 1. The van der Waals surface area contributed by atoms with Crippen LogP contribution in [0.3, 0.4) is 0 Å². The van der Waals surface area contributed by atoms with Crippen molar-refractivity contribution in [2.24, 2.45) is 11.8 Å². The zero-order valence-corrected chi connectivity index (χ0v) is 12.5. The van der Waals surface area contributed by atoms with Gasteiger partial charge in [-0.3, -0.25) is 5.43 Å². The smallest absolute Gasteiger partial charge is 0.270 e. The van der Waals surface area contributed by atoms with E-state index in [1.165, 1.54) is 0 Å². The molecule has 6 nitrogen and oxygen atoms in total. The molecule has 120 valence electrons. The number of nitrogens with one attached hydrogen (secondary N) is 2. The number of urea groups is 1. The molecule has 1 aliphatic heterocycles. The van der Waals surface area contributed by atoms with Crippen LogP contribution < -0.4 is 10.1 Å². The Labute approximate surface area is 140 Å². The first-order valence-electron chi connectivity index (χ1n) is 10.4. The Kier molecular flexibility index (Phi) is 2.38. The van der Waals surface area contributed by atoms with Gasteiger partial charge in [0.1, 0.15) is 0 Å². The molecule has 3 rings (SSSR count). The SMILES string of the molecule is [2H]C([2H])([2H])c1ccc(S(=O)(=O)NC(=O)NN2C([2H])([2H])C3CCCC3C2([2H])[2H])cc1. The van der Waals surface area contributed by atoms with E-state index in [-0.39, 0.29) is 10.5 Å². The number of carbonyl (C=O) groups excluding carboxylic acids is 1. The first-order chi connectivity index (χ1) is 13.2. The Morgan fingerprint density at radius 2 is 1.91 bits per heavy atom.